The first-order chi connectivity index (χ1) is 9.16. The molecule has 0 bridgehead atoms. The quantitative estimate of drug-likeness (QED) is 0.902. The van der Waals surface area contributed by atoms with E-state index >= 15 is 0 Å². The minimum absolute atomic E-state index is 0.102. The molecule has 1 aromatic carbocycles. The molecule has 2 N–H and O–H groups in total. The first-order valence-corrected chi connectivity index (χ1v) is 8.56. The Labute approximate surface area is 129 Å². The third kappa shape index (κ3) is 2.57. The summed E-state index contributed by atoms with van der Waals surface area (Å²) in [6.45, 7) is 6.07. The van der Waals surface area contributed by atoms with Gasteiger partial charge in [0.1, 0.15) is 4.90 Å². The smallest absolute Gasteiger partial charge is 0.244 e. The van der Waals surface area contributed by atoms with E-state index in [1.807, 2.05) is 6.92 Å². The molecule has 7 heteroatoms. The minimum Gasteiger partial charge on any atom is -0.326 e. The fourth-order valence-electron chi connectivity index (χ4n) is 2.39. The molecule has 1 heterocycles. The van der Waals surface area contributed by atoms with E-state index in [1.54, 1.807) is 19.9 Å². The van der Waals surface area contributed by atoms with Gasteiger partial charge in [0.2, 0.25) is 10.0 Å². The molecule has 1 saturated heterocycles. The Hall–Kier alpha value is -0.330. The number of nitrogens with zero attached hydrogens (tertiary/aromatic N) is 1. The van der Waals surface area contributed by atoms with Crippen LogP contribution in [-0.2, 0) is 10.0 Å². The van der Waals surface area contributed by atoms with Gasteiger partial charge in [0, 0.05) is 24.2 Å². The molecule has 2 unspecified atom stereocenters. The second-order valence-electron chi connectivity index (χ2n) is 5.41. The Morgan fingerprint density at radius 2 is 1.90 bits per heavy atom. The normalized spacial score (nSPS) is 24.3. The number of rotatable bonds is 2. The van der Waals surface area contributed by atoms with Crippen molar-refractivity contribution in [2.45, 2.75) is 31.7 Å². The van der Waals surface area contributed by atoms with Crippen molar-refractivity contribution in [3.63, 3.8) is 0 Å². The predicted octanol–water partition coefficient (Wildman–Crippen LogP) is 2.58. The summed E-state index contributed by atoms with van der Waals surface area (Å²) in [5.41, 5.74) is 7.05. The molecule has 0 aromatic heterocycles. The van der Waals surface area contributed by atoms with E-state index in [9.17, 15) is 8.42 Å². The number of nitrogens with two attached hydrogens (primary N) is 1. The molecule has 4 nitrogen and oxygen atoms in total. The molecule has 1 aromatic rings. The molecule has 1 aliphatic rings. The fourth-order valence-corrected chi connectivity index (χ4v) is 5.14. The van der Waals surface area contributed by atoms with Crippen LogP contribution in [0.15, 0.2) is 11.0 Å². The van der Waals surface area contributed by atoms with Crippen LogP contribution in [0.25, 0.3) is 0 Å². The zero-order chi connectivity index (χ0) is 15.2. The van der Waals surface area contributed by atoms with Gasteiger partial charge >= 0.3 is 0 Å². The van der Waals surface area contributed by atoms with Crippen molar-refractivity contribution < 1.29 is 8.42 Å². The lowest BCUT2D eigenvalue weighted by atomic mass is 10.1. The van der Waals surface area contributed by atoms with Crippen LogP contribution in [0.5, 0.6) is 0 Å². The van der Waals surface area contributed by atoms with Gasteiger partial charge in [0.05, 0.1) is 5.02 Å². The summed E-state index contributed by atoms with van der Waals surface area (Å²) in [6, 6.07) is 1.53. The topological polar surface area (TPSA) is 63.4 Å². The Morgan fingerprint density at radius 3 is 2.40 bits per heavy atom. The Morgan fingerprint density at radius 1 is 1.30 bits per heavy atom. The molecule has 2 rings (SSSR count). The highest BCUT2D eigenvalue weighted by atomic mass is 35.5. The van der Waals surface area contributed by atoms with Gasteiger partial charge in [-0.3, -0.25) is 0 Å². The van der Waals surface area contributed by atoms with Gasteiger partial charge in [0.25, 0.3) is 0 Å². The van der Waals surface area contributed by atoms with Gasteiger partial charge in [-0.05, 0) is 37.0 Å². The molecule has 0 radical (unpaired) electrons. The maximum absolute atomic E-state index is 12.8. The van der Waals surface area contributed by atoms with E-state index in [0.29, 0.717) is 29.2 Å². The van der Waals surface area contributed by atoms with Gasteiger partial charge in [-0.25, -0.2) is 8.42 Å². The maximum atomic E-state index is 12.8. The largest absolute Gasteiger partial charge is 0.326 e. The number of benzene rings is 1. The summed E-state index contributed by atoms with van der Waals surface area (Å²) in [6.07, 6.45) is 0. The van der Waals surface area contributed by atoms with E-state index in [-0.39, 0.29) is 21.9 Å². The summed E-state index contributed by atoms with van der Waals surface area (Å²) < 4.78 is 27.0. The van der Waals surface area contributed by atoms with E-state index in [0.717, 1.165) is 0 Å². The first kappa shape index (κ1) is 16.0. The number of hydrogen-bond acceptors (Lipinski definition) is 3. The summed E-state index contributed by atoms with van der Waals surface area (Å²) in [5, 5.41) is 0.641. The molecule has 0 amide bonds. The van der Waals surface area contributed by atoms with Crippen molar-refractivity contribution >= 4 is 33.2 Å². The van der Waals surface area contributed by atoms with Gasteiger partial charge in [-0.15, -0.1) is 0 Å². The minimum atomic E-state index is -3.67. The van der Waals surface area contributed by atoms with E-state index in [4.69, 9.17) is 28.9 Å². The highest BCUT2D eigenvalue weighted by Gasteiger charge is 2.37. The average Bonchev–Trinajstić information content (AvgIpc) is 2.68. The lowest BCUT2D eigenvalue weighted by molar-refractivity contribution is 0.464. The monoisotopic (exact) mass is 336 g/mol. The lowest BCUT2D eigenvalue weighted by Crippen LogP contribution is -2.32. The van der Waals surface area contributed by atoms with Crippen LogP contribution in [0.3, 0.4) is 0 Å². The van der Waals surface area contributed by atoms with Crippen LogP contribution >= 0.6 is 23.2 Å². The Balaban J connectivity index is 2.56. The van der Waals surface area contributed by atoms with Crippen molar-refractivity contribution in [3.8, 4) is 0 Å². The van der Waals surface area contributed by atoms with Gasteiger partial charge in [0.15, 0.2) is 0 Å². The molecule has 0 aliphatic carbocycles. The highest BCUT2D eigenvalue weighted by molar-refractivity contribution is 7.89. The second-order valence-corrected chi connectivity index (χ2v) is 8.07. The molecular formula is C13H18Cl2N2O2S. The fraction of sp³-hybridized carbons (Fsp3) is 0.538. The molecule has 0 saturated carbocycles. The molecular weight excluding hydrogens is 319 g/mol. The van der Waals surface area contributed by atoms with E-state index < -0.39 is 10.0 Å². The number of sulfonamides is 1. The molecule has 2 atom stereocenters. The van der Waals surface area contributed by atoms with E-state index in [2.05, 4.69) is 0 Å². The zero-order valence-corrected chi connectivity index (χ0v) is 14.0. The van der Waals surface area contributed by atoms with Crippen molar-refractivity contribution in [3.05, 3.63) is 27.2 Å². The predicted molar refractivity (Wildman–Crippen MR) is 81.8 cm³/mol. The van der Waals surface area contributed by atoms with Crippen molar-refractivity contribution in [1.29, 1.82) is 0 Å². The maximum Gasteiger partial charge on any atom is 0.244 e. The Bertz CT molecular complexity index is 610. The van der Waals surface area contributed by atoms with E-state index in [1.165, 1.54) is 4.31 Å². The third-order valence-electron chi connectivity index (χ3n) is 3.82. The van der Waals surface area contributed by atoms with Crippen molar-refractivity contribution in [2.75, 3.05) is 13.1 Å². The molecule has 112 valence electrons. The number of hydrogen-bond donors (Lipinski definition) is 1. The first-order valence-electron chi connectivity index (χ1n) is 6.37. The third-order valence-corrected chi connectivity index (χ3v) is 6.82. The van der Waals surface area contributed by atoms with Crippen LogP contribution in [0, 0.1) is 19.8 Å². The van der Waals surface area contributed by atoms with Crippen LogP contribution < -0.4 is 5.73 Å². The summed E-state index contributed by atoms with van der Waals surface area (Å²) in [4.78, 5) is 0.102. The molecule has 0 spiro atoms. The molecule has 1 aliphatic heterocycles. The van der Waals surface area contributed by atoms with Crippen molar-refractivity contribution in [1.82, 2.24) is 4.31 Å². The lowest BCUT2D eigenvalue weighted by Gasteiger charge is -2.20. The molecule has 20 heavy (non-hydrogen) atoms. The SMILES string of the molecule is Cc1cc(Cl)c(C)c(S(=O)(=O)N2CC(C)C(N)C2)c1Cl. The van der Waals surface area contributed by atoms with Gasteiger partial charge in [-0.1, -0.05) is 30.1 Å². The number of aryl methyl sites for hydroxylation is 1. The van der Waals surface area contributed by atoms with Gasteiger partial charge < -0.3 is 5.73 Å². The summed E-state index contributed by atoms with van der Waals surface area (Å²) >= 11 is 12.3. The highest BCUT2D eigenvalue weighted by Crippen LogP contribution is 2.36. The average molecular weight is 337 g/mol. The van der Waals surface area contributed by atoms with Crippen molar-refractivity contribution in [2.24, 2.45) is 11.7 Å². The van der Waals surface area contributed by atoms with Crippen LogP contribution in [0.1, 0.15) is 18.1 Å². The standard InChI is InChI=1S/C13H18Cl2N2O2S/c1-7-4-10(14)9(3)13(12(7)15)20(18,19)17-5-8(2)11(16)6-17/h4,8,11H,5-6,16H2,1-3H3. The second kappa shape index (κ2) is 5.46. The van der Waals surface area contributed by atoms with Gasteiger partial charge in [-0.2, -0.15) is 4.31 Å². The van der Waals surface area contributed by atoms with Crippen LogP contribution in [-0.4, -0.2) is 31.9 Å². The summed E-state index contributed by atoms with van der Waals surface area (Å²) in [7, 11) is -3.67. The Kier molecular flexibility index (Phi) is 4.38. The zero-order valence-electron chi connectivity index (χ0n) is 11.7. The van der Waals surface area contributed by atoms with Crippen LogP contribution in [0.4, 0.5) is 0 Å². The molecule has 1 fully saturated rings. The number of halogens is 2. The summed E-state index contributed by atoms with van der Waals surface area (Å²) in [5.74, 6) is 0.129. The van der Waals surface area contributed by atoms with Crippen LogP contribution in [0.2, 0.25) is 10.0 Å².